The van der Waals surface area contributed by atoms with Crippen molar-refractivity contribution in [3.05, 3.63) is 78.4 Å². The Morgan fingerprint density at radius 2 is 1.59 bits per heavy atom. The van der Waals surface area contributed by atoms with Gasteiger partial charge in [-0.3, -0.25) is 4.79 Å². The molecule has 0 aliphatic heterocycles. The van der Waals surface area contributed by atoms with Crippen molar-refractivity contribution in [1.29, 1.82) is 0 Å². The maximum absolute atomic E-state index is 13.1. The summed E-state index contributed by atoms with van der Waals surface area (Å²) in [4.78, 5) is 14.9. The van der Waals surface area contributed by atoms with Gasteiger partial charge in [-0.05, 0) is 24.6 Å². The average Bonchev–Trinajstić information content (AvgIpc) is 2.90. The van der Waals surface area contributed by atoms with Crippen molar-refractivity contribution >= 4 is 28.4 Å². The number of benzene rings is 3. The van der Waals surface area contributed by atoms with Crippen LogP contribution >= 0.6 is 11.8 Å². The number of carbonyl (C=O) groups is 1. The molecule has 4 aromatic rings. The Balaban J connectivity index is 1.50. The van der Waals surface area contributed by atoms with Gasteiger partial charge in [0.25, 0.3) is 0 Å². The molecule has 3 aromatic carbocycles. The van der Waals surface area contributed by atoms with E-state index >= 15 is 0 Å². The Kier molecular flexibility index (Phi) is 7.65. The summed E-state index contributed by atoms with van der Waals surface area (Å²) >= 11 is 1.42. The number of thioether (sulfide) groups is 1. The number of fused-ring (bicyclic) bond motifs is 1. The van der Waals surface area contributed by atoms with Crippen LogP contribution in [0.25, 0.3) is 22.0 Å². The molecule has 0 radical (unpaired) electrons. The van der Waals surface area contributed by atoms with Crippen molar-refractivity contribution in [3.63, 3.8) is 0 Å². The summed E-state index contributed by atoms with van der Waals surface area (Å²) in [5.74, 6) is 1.64. The van der Waals surface area contributed by atoms with E-state index in [4.69, 9.17) is 9.47 Å². The highest BCUT2D eigenvalue weighted by Gasteiger charge is 2.17. The van der Waals surface area contributed by atoms with Crippen molar-refractivity contribution < 1.29 is 14.3 Å². The van der Waals surface area contributed by atoms with Gasteiger partial charge in [0.05, 0.1) is 20.0 Å². The van der Waals surface area contributed by atoms with E-state index in [1.54, 1.807) is 14.2 Å². The number of nitrogens with zero attached hydrogens (tertiary/aromatic N) is 3. The van der Waals surface area contributed by atoms with Crippen molar-refractivity contribution in [1.82, 2.24) is 15.1 Å². The van der Waals surface area contributed by atoms with Crippen LogP contribution in [0.5, 0.6) is 11.5 Å². The second-order valence-electron chi connectivity index (χ2n) is 7.65. The minimum atomic E-state index is 0.0419. The van der Waals surface area contributed by atoms with Crippen LogP contribution in [0.3, 0.4) is 0 Å². The molecule has 0 aliphatic rings. The molecular weight excluding hydrogens is 446 g/mol. The number of amides is 1. The summed E-state index contributed by atoms with van der Waals surface area (Å²) in [5, 5.41) is 11.8. The highest BCUT2D eigenvalue weighted by molar-refractivity contribution is 8.00. The molecule has 34 heavy (non-hydrogen) atoms. The molecule has 0 bridgehead atoms. The normalized spacial score (nSPS) is 10.8. The van der Waals surface area contributed by atoms with E-state index in [1.807, 2.05) is 84.6 Å². The van der Waals surface area contributed by atoms with Crippen LogP contribution in [0.1, 0.15) is 12.5 Å². The van der Waals surface area contributed by atoms with Gasteiger partial charge in [0.2, 0.25) is 5.91 Å². The fourth-order valence-corrected chi connectivity index (χ4v) is 4.67. The van der Waals surface area contributed by atoms with Gasteiger partial charge < -0.3 is 14.4 Å². The third-order valence-corrected chi connectivity index (χ3v) is 6.56. The standard InChI is InChI=1S/C27H27N3O3S/c1-4-30(17-19-14-15-23(32-2)24(16-19)33-3)25(31)18-34-27-22-13-9-8-12-21(22)26(28-29-27)20-10-6-5-7-11-20/h5-16H,4,17-18H2,1-3H3. The SMILES string of the molecule is CCN(Cc1ccc(OC)c(OC)c1)C(=O)CSc1nnc(-c2ccccc2)c2ccccc12. The summed E-state index contributed by atoms with van der Waals surface area (Å²) in [5.41, 5.74) is 2.84. The molecule has 4 rings (SSSR count). The minimum Gasteiger partial charge on any atom is -0.493 e. The first-order valence-corrected chi connectivity index (χ1v) is 12.1. The Morgan fingerprint density at radius 1 is 0.882 bits per heavy atom. The lowest BCUT2D eigenvalue weighted by Crippen LogP contribution is -2.31. The van der Waals surface area contributed by atoms with Crippen LogP contribution < -0.4 is 9.47 Å². The zero-order chi connectivity index (χ0) is 23.9. The third kappa shape index (κ3) is 5.15. The Labute approximate surface area is 203 Å². The lowest BCUT2D eigenvalue weighted by Gasteiger charge is -2.21. The molecular formula is C27H27N3O3S. The number of rotatable bonds is 9. The van der Waals surface area contributed by atoms with Crippen molar-refractivity contribution in [2.24, 2.45) is 0 Å². The molecule has 6 nitrogen and oxygen atoms in total. The van der Waals surface area contributed by atoms with Gasteiger partial charge in [-0.1, -0.05) is 72.4 Å². The van der Waals surface area contributed by atoms with Crippen molar-refractivity contribution in [3.8, 4) is 22.8 Å². The van der Waals surface area contributed by atoms with Gasteiger partial charge in [0.1, 0.15) is 10.7 Å². The molecule has 174 valence electrons. The van der Waals surface area contributed by atoms with E-state index in [9.17, 15) is 4.79 Å². The number of aromatic nitrogens is 2. The van der Waals surface area contributed by atoms with Gasteiger partial charge in [-0.15, -0.1) is 10.2 Å². The monoisotopic (exact) mass is 473 g/mol. The Bertz CT molecular complexity index is 1280. The maximum Gasteiger partial charge on any atom is 0.233 e. The summed E-state index contributed by atoms with van der Waals surface area (Å²) in [6.45, 7) is 3.08. The van der Waals surface area contributed by atoms with Gasteiger partial charge in [-0.25, -0.2) is 0 Å². The smallest absolute Gasteiger partial charge is 0.233 e. The molecule has 0 saturated carbocycles. The summed E-state index contributed by atoms with van der Waals surface area (Å²) < 4.78 is 10.7. The van der Waals surface area contributed by atoms with E-state index in [-0.39, 0.29) is 11.7 Å². The third-order valence-electron chi connectivity index (χ3n) is 5.59. The molecule has 7 heteroatoms. The van der Waals surface area contributed by atoms with E-state index in [0.717, 1.165) is 32.6 Å². The fourth-order valence-electron chi connectivity index (χ4n) is 3.79. The second kappa shape index (κ2) is 11.0. The largest absolute Gasteiger partial charge is 0.493 e. The van der Waals surface area contributed by atoms with E-state index < -0.39 is 0 Å². The van der Waals surface area contributed by atoms with Crippen LogP contribution in [0, 0.1) is 0 Å². The molecule has 1 amide bonds. The zero-order valence-electron chi connectivity index (χ0n) is 19.5. The lowest BCUT2D eigenvalue weighted by atomic mass is 10.1. The predicted octanol–water partition coefficient (Wildman–Crippen LogP) is 5.45. The Morgan fingerprint density at radius 3 is 2.29 bits per heavy atom. The van der Waals surface area contributed by atoms with Gasteiger partial charge in [0, 0.05) is 29.4 Å². The van der Waals surface area contributed by atoms with Crippen LogP contribution in [0.15, 0.2) is 77.8 Å². The zero-order valence-corrected chi connectivity index (χ0v) is 20.3. The quantitative estimate of drug-likeness (QED) is 0.301. The topological polar surface area (TPSA) is 64.6 Å². The lowest BCUT2D eigenvalue weighted by molar-refractivity contribution is -0.128. The molecule has 0 unspecified atom stereocenters. The highest BCUT2D eigenvalue weighted by Crippen LogP contribution is 2.32. The number of ether oxygens (including phenoxy) is 2. The average molecular weight is 474 g/mol. The molecule has 1 heterocycles. The summed E-state index contributed by atoms with van der Waals surface area (Å²) in [7, 11) is 3.21. The first-order chi connectivity index (χ1) is 16.6. The van der Waals surface area contributed by atoms with Crippen LogP contribution in [0.4, 0.5) is 0 Å². The van der Waals surface area contributed by atoms with E-state index in [2.05, 4.69) is 10.2 Å². The maximum atomic E-state index is 13.1. The molecule has 1 aromatic heterocycles. The first kappa shape index (κ1) is 23.6. The summed E-state index contributed by atoms with van der Waals surface area (Å²) in [6, 6.07) is 23.8. The van der Waals surface area contributed by atoms with Crippen LogP contribution in [-0.4, -0.2) is 47.5 Å². The van der Waals surface area contributed by atoms with Gasteiger partial charge in [0.15, 0.2) is 11.5 Å². The fraction of sp³-hybridized carbons (Fsp3) is 0.222. The van der Waals surface area contributed by atoms with Crippen molar-refractivity contribution in [2.45, 2.75) is 18.5 Å². The van der Waals surface area contributed by atoms with E-state index in [1.165, 1.54) is 11.8 Å². The molecule has 0 N–H and O–H groups in total. The molecule has 0 fully saturated rings. The molecule has 0 aliphatic carbocycles. The van der Waals surface area contributed by atoms with Crippen molar-refractivity contribution in [2.75, 3.05) is 26.5 Å². The minimum absolute atomic E-state index is 0.0419. The second-order valence-corrected chi connectivity index (χ2v) is 8.62. The van der Waals surface area contributed by atoms with Gasteiger partial charge in [-0.2, -0.15) is 0 Å². The number of hydrogen-bond donors (Lipinski definition) is 0. The highest BCUT2D eigenvalue weighted by atomic mass is 32.2. The van der Waals surface area contributed by atoms with Crippen LogP contribution in [0.2, 0.25) is 0 Å². The first-order valence-electron chi connectivity index (χ1n) is 11.1. The number of hydrogen-bond acceptors (Lipinski definition) is 6. The number of carbonyl (C=O) groups excluding carboxylic acids is 1. The number of methoxy groups -OCH3 is 2. The van der Waals surface area contributed by atoms with Gasteiger partial charge >= 0.3 is 0 Å². The van der Waals surface area contributed by atoms with E-state index in [0.29, 0.717) is 24.6 Å². The summed E-state index contributed by atoms with van der Waals surface area (Å²) in [6.07, 6.45) is 0. The van der Waals surface area contributed by atoms with Crippen LogP contribution in [-0.2, 0) is 11.3 Å². The molecule has 0 saturated heterocycles. The molecule has 0 atom stereocenters. The molecule has 0 spiro atoms. The Hall–Kier alpha value is -3.58. The predicted molar refractivity (Wildman–Crippen MR) is 136 cm³/mol.